The van der Waals surface area contributed by atoms with Crippen LogP contribution in [0.2, 0.25) is 0 Å². The van der Waals surface area contributed by atoms with Crippen molar-refractivity contribution in [1.82, 2.24) is 18.9 Å². The molecule has 2 aromatic carbocycles. The molecule has 0 fully saturated rings. The quantitative estimate of drug-likeness (QED) is 0.271. The summed E-state index contributed by atoms with van der Waals surface area (Å²) in [5.41, 5.74) is 2.13. The molecule has 0 unspecified atom stereocenters. The van der Waals surface area contributed by atoms with Crippen LogP contribution in [0, 0.1) is 0 Å². The molecule has 0 bridgehead atoms. The lowest BCUT2D eigenvalue weighted by Gasteiger charge is -2.09. The van der Waals surface area contributed by atoms with Gasteiger partial charge in [-0.25, -0.2) is 14.3 Å². The number of carbonyl (C=O) groups excluding carboxylic acids is 1. The second-order valence-corrected chi connectivity index (χ2v) is 8.18. The van der Waals surface area contributed by atoms with Gasteiger partial charge in [-0.15, -0.1) is 0 Å². The van der Waals surface area contributed by atoms with E-state index in [2.05, 4.69) is 0 Å². The van der Waals surface area contributed by atoms with Gasteiger partial charge in [0.25, 0.3) is 5.56 Å². The molecular weight excluding hydrogens is 460 g/mol. The van der Waals surface area contributed by atoms with Crippen LogP contribution in [0.5, 0.6) is 0 Å². The number of nitrogens with zero attached hydrogens (tertiary/aromatic N) is 4. The number of carbonyl (C=O) groups is 1. The lowest BCUT2D eigenvalue weighted by molar-refractivity contribution is -0.139. The Balaban J connectivity index is 1.43. The van der Waals surface area contributed by atoms with Gasteiger partial charge in [-0.1, -0.05) is 36.4 Å². The van der Waals surface area contributed by atoms with Crippen LogP contribution in [0.4, 0.5) is 0 Å². The fraction of sp³-hybridized carbons (Fsp3) is 0.111. The van der Waals surface area contributed by atoms with Crippen molar-refractivity contribution >= 4 is 23.0 Å². The molecule has 9 heteroatoms. The Hall–Kier alpha value is -4.92. The molecule has 180 valence electrons. The van der Waals surface area contributed by atoms with E-state index in [0.717, 1.165) is 21.2 Å². The van der Waals surface area contributed by atoms with Gasteiger partial charge in [0.2, 0.25) is 0 Å². The van der Waals surface area contributed by atoms with Crippen LogP contribution in [-0.4, -0.2) is 24.9 Å². The van der Waals surface area contributed by atoms with Crippen LogP contribution in [0.1, 0.15) is 11.3 Å². The zero-order valence-electron chi connectivity index (χ0n) is 19.6. The summed E-state index contributed by atoms with van der Waals surface area (Å²) in [6, 6.07) is 20.4. The molecule has 0 aliphatic heterocycles. The summed E-state index contributed by atoms with van der Waals surface area (Å²) in [5.74, 6) is -0.0693. The van der Waals surface area contributed by atoms with Crippen molar-refractivity contribution < 1.29 is 13.9 Å². The third-order valence-electron chi connectivity index (χ3n) is 5.81. The number of rotatable bonds is 6. The summed E-state index contributed by atoms with van der Waals surface area (Å²) in [6.45, 7) is -0.218. The summed E-state index contributed by atoms with van der Waals surface area (Å²) in [5, 5.41) is 5.64. The highest BCUT2D eigenvalue weighted by molar-refractivity contribution is 5.89. The summed E-state index contributed by atoms with van der Waals surface area (Å²) in [7, 11) is 2.90. The van der Waals surface area contributed by atoms with E-state index in [4.69, 9.17) is 14.3 Å². The van der Waals surface area contributed by atoms with E-state index >= 15 is 0 Å². The average Bonchev–Trinajstić information content (AvgIpc) is 3.52. The summed E-state index contributed by atoms with van der Waals surface area (Å²) in [4.78, 5) is 36.4. The largest absolute Gasteiger partial charge is 0.456 e. The molecule has 0 spiro atoms. The molecule has 0 N–H and O–H groups in total. The Bertz CT molecular complexity index is 1690. The van der Waals surface area contributed by atoms with Gasteiger partial charge in [0.15, 0.2) is 5.76 Å². The highest BCUT2D eigenvalue weighted by atomic mass is 16.5. The van der Waals surface area contributed by atoms with E-state index in [9.17, 15) is 14.4 Å². The maximum Gasteiger partial charge on any atom is 0.331 e. The minimum absolute atomic E-state index is 0.218. The highest BCUT2D eigenvalue weighted by Gasteiger charge is 2.16. The molecular formula is C27H22N4O5. The second-order valence-electron chi connectivity index (χ2n) is 8.18. The highest BCUT2D eigenvalue weighted by Crippen LogP contribution is 2.30. The van der Waals surface area contributed by atoms with Crippen molar-refractivity contribution in [2.24, 2.45) is 14.1 Å². The molecule has 3 heterocycles. The molecule has 3 aromatic heterocycles. The number of esters is 1. The minimum atomic E-state index is -0.633. The van der Waals surface area contributed by atoms with Crippen molar-refractivity contribution in [3.05, 3.63) is 111 Å². The van der Waals surface area contributed by atoms with Gasteiger partial charge in [0, 0.05) is 43.4 Å². The molecule has 5 rings (SSSR count). The summed E-state index contributed by atoms with van der Waals surface area (Å²) >= 11 is 0. The number of furan rings is 1. The van der Waals surface area contributed by atoms with Crippen molar-refractivity contribution in [3.8, 4) is 17.1 Å². The maximum absolute atomic E-state index is 12.5. The van der Waals surface area contributed by atoms with E-state index in [1.807, 2.05) is 60.7 Å². The third-order valence-corrected chi connectivity index (χ3v) is 5.81. The molecule has 0 radical (unpaired) electrons. The van der Waals surface area contributed by atoms with Crippen molar-refractivity contribution in [1.29, 1.82) is 0 Å². The Labute approximate surface area is 205 Å². The first-order valence-corrected chi connectivity index (χ1v) is 11.2. The SMILES string of the molecule is Cn1c(COC(=O)/C=C/c2cn(-c3ccccc3)nc2-c2cc3ccccc3o2)cc(=O)n(C)c1=O. The van der Waals surface area contributed by atoms with E-state index < -0.39 is 17.2 Å². The fourth-order valence-corrected chi connectivity index (χ4v) is 3.78. The van der Waals surface area contributed by atoms with Gasteiger partial charge in [0.1, 0.15) is 17.9 Å². The van der Waals surface area contributed by atoms with Gasteiger partial charge in [-0.05, 0) is 30.3 Å². The predicted octanol–water partition coefficient (Wildman–Crippen LogP) is 3.44. The molecule has 0 saturated carbocycles. The number of aromatic nitrogens is 4. The molecule has 9 nitrogen and oxygen atoms in total. The third kappa shape index (κ3) is 4.41. The Morgan fingerprint density at radius 2 is 1.75 bits per heavy atom. The molecule has 0 saturated heterocycles. The lowest BCUT2D eigenvalue weighted by Crippen LogP contribution is -2.38. The Morgan fingerprint density at radius 3 is 2.53 bits per heavy atom. The van der Waals surface area contributed by atoms with Crippen LogP contribution in [0.25, 0.3) is 34.2 Å². The van der Waals surface area contributed by atoms with Crippen LogP contribution >= 0.6 is 0 Å². The smallest absolute Gasteiger partial charge is 0.331 e. The zero-order chi connectivity index (χ0) is 25.2. The maximum atomic E-state index is 12.5. The molecule has 0 amide bonds. The Morgan fingerprint density at radius 1 is 1.00 bits per heavy atom. The normalized spacial score (nSPS) is 11.4. The van der Waals surface area contributed by atoms with Gasteiger partial charge in [-0.2, -0.15) is 5.10 Å². The second kappa shape index (κ2) is 9.38. The van der Waals surface area contributed by atoms with Crippen LogP contribution in [0.15, 0.2) is 93.0 Å². The van der Waals surface area contributed by atoms with Gasteiger partial charge >= 0.3 is 11.7 Å². The van der Waals surface area contributed by atoms with E-state index in [1.165, 1.54) is 30.8 Å². The topological polar surface area (TPSA) is 101 Å². The van der Waals surface area contributed by atoms with Crippen molar-refractivity contribution in [2.45, 2.75) is 6.61 Å². The Kier molecular flexibility index (Phi) is 5.95. The number of para-hydroxylation sites is 2. The lowest BCUT2D eigenvalue weighted by atomic mass is 10.2. The number of ether oxygens (including phenoxy) is 1. The van der Waals surface area contributed by atoms with Crippen molar-refractivity contribution in [3.63, 3.8) is 0 Å². The van der Waals surface area contributed by atoms with Gasteiger partial charge in [0.05, 0.1) is 11.4 Å². The van der Waals surface area contributed by atoms with Crippen LogP contribution in [0.3, 0.4) is 0 Å². The number of benzene rings is 2. The van der Waals surface area contributed by atoms with E-state index in [0.29, 0.717) is 22.7 Å². The number of hydrogen-bond donors (Lipinski definition) is 0. The number of fused-ring (bicyclic) bond motifs is 1. The predicted molar refractivity (Wildman–Crippen MR) is 135 cm³/mol. The number of hydrogen-bond acceptors (Lipinski definition) is 6. The first-order chi connectivity index (χ1) is 17.4. The molecule has 36 heavy (non-hydrogen) atoms. The summed E-state index contributed by atoms with van der Waals surface area (Å²) < 4.78 is 15.3. The van der Waals surface area contributed by atoms with Crippen molar-refractivity contribution in [2.75, 3.05) is 0 Å². The van der Waals surface area contributed by atoms with Gasteiger partial charge < -0.3 is 9.15 Å². The van der Waals surface area contributed by atoms with Crippen LogP contribution in [-0.2, 0) is 30.2 Å². The average molecular weight is 482 g/mol. The molecule has 0 aliphatic rings. The van der Waals surface area contributed by atoms with Gasteiger partial charge in [-0.3, -0.25) is 13.9 Å². The van der Waals surface area contributed by atoms with E-state index in [1.54, 1.807) is 17.0 Å². The first kappa shape index (κ1) is 22.9. The zero-order valence-corrected chi connectivity index (χ0v) is 19.6. The van der Waals surface area contributed by atoms with Crippen LogP contribution < -0.4 is 11.2 Å². The molecule has 0 atom stereocenters. The first-order valence-electron chi connectivity index (χ1n) is 11.2. The van der Waals surface area contributed by atoms with E-state index in [-0.39, 0.29) is 6.61 Å². The standard InChI is InChI=1S/C27H22N4O5/c1-29-21(15-24(32)30(2)27(29)34)17-35-25(33)13-12-19-16-31(20-9-4-3-5-10-20)28-26(19)23-14-18-8-6-7-11-22(18)36-23/h3-16H,17H2,1-2H3/b13-12+. The molecule has 5 aromatic rings. The monoisotopic (exact) mass is 482 g/mol. The minimum Gasteiger partial charge on any atom is -0.456 e. The fourth-order valence-electron chi connectivity index (χ4n) is 3.78. The summed E-state index contributed by atoms with van der Waals surface area (Å²) in [6.07, 6.45) is 4.67. The molecule has 0 aliphatic carbocycles.